The fraction of sp³-hybridized carbons (Fsp3) is 0.176. The molecule has 0 aliphatic heterocycles. The molecule has 5 nitrogen and oxygen atoms in total. The predicted molar refractivity (Wildman–Crippen MR) is 88.1 cm³/mol. The summed E-state index contributed by atoms with van der Waals surface area (Å²) in [5, 5.41) is 9.58. The van der Waals surface area contributed by atoms with Crippen LogP contribution < -0.4 is 4.90 Å². The topological polar surface area (TPSA) is 66.8 Å². The van der Waals surface area contributed by atoms with Gasteiger partial charge in [0.1, 0.15) is 6.61 Å². The van der Waals surface area contributed by atoms with Gasteiger partial charge in [0.25, 0.3) is 0 Å². The Morgan fingerprint density at radius 3 is 2.48 bits per heavy atom. The van der Waals surface area contributed by atoms with Gasteiger partial charge in [-0.1, -0.05) is 41.9 Å². The quantitative estimate of drug-likeness (QED) is 0.890. The molecule has 0 unspecified atom stereocenters. The number of anilines is 1. The highest BCUT2D eigenvalue weighted by Crippen LogP contribution is 2.25. The first-order valence-corrected chi connectivity index (χ1v) is 7.41. The number of rotatable bonds is 5. The van der Waals surface area contributed by atoms with Crippen LogP contribution in [-0.4, -0.2) is 23.7 Å². The minimum atomic E-state index is -1.16. The van der Waals surface area contributed by atoms with Crippen LogP contribution in [-0.2, 0) is 11.3 Å². The normalized spacial score (nSPS) is 10.2. The van der Waals surface area contributed by atoms with Crippen LogP contribution >= 0.6 is 11.6 Å². The number of amides is 1. The third-order valence-electron chi connectivity index (χ3n) is 3.22. The Hall–Kier alpha value is -2.53. The third-order valence-corrected chi connectivity index (χ3v) is 3.46. The third kappa shape index (κ3) is 4.23. The highest BCUT2D eigenvalue weighted by Gasteiger charge is 2.22. The molecule has 120 valence electrons. The number of hydrogen-bond donors (Lipinski definition) is 1. The number of carboxylic acid groups (broad SMARTS) is 1. The van der Waals surface area contributed by atoms with E-state index in [1.165, 1.54) is 23.1 Å². The molecule has 0 aliphatic rings. The van der Waals surface area contributed by atoms with Crippen LogP contribution in [0.1, 0.15) is 22.8 Å². The second-order valence-corrected chi connectivity index (χ2v) is 5.19. The fourth-order valence-electron chi connectivity index (χ4n) is 2.11. The van der Waals surface area contributed by atoms with Crippen LogP contribution in [0.5, 0.6) is 0 Å². The number of carbonyl (C=O) groups is 2. The van der Waals surface area contributed by atoms with Crippen molar-refractivity contribution >= 4 is 29.4 Å². The molecule has 0 bridgehead atoms. The minimum Gasteiger partial charge on any atom is -0.478 e. The van der Waals surface area contributed by atoms with E-state index >= 15 is 0 Å². The van der Waals surface area contributed by atoms with Crippen molar-refractivity contribution in [3.63, 3.8) is 0 Å². The van der Waals surface area contributed by atoms with Gasteiger partial charge in [-0.25, -0.2) is 9.59 Å². The summed E-state index contributed by atoms with van der Waals surface area (Å²) >= 11 is 5.83. The molecule has 0 spiro atoms. The lowest BCUT2D eigenvalue weighted by Crippen LogP contribution is -2.32. The average molecular weight is 334 g/mol. The number of carbonyl (C=O) groups excluding carboxylic acids is 1. The molecule has 0 saturated carbocycles. The fourth-order valence-corrected chi connectivity index (χ4v) is 2.28. The van der Waals surface area contributed by atoms with Gasteiger partial charge in [-0.05, 0) is 30.7 Å². The van der Waals surface area contributed by atoms with Crippen LogP contribution in [0, 0.1) is 0 Å². The zero-order valence-corrected chi connectivity index (χ0v) is 13.3. The van der Waals surface area contributed by atoms with E-state index in [2.05, 4.69) is 0 Å². The summed E-state index contributed by atoms with van der Waals surface area (Å²) < 4.78 is 5.26. The number of aromatic carboxylic acids is 1. The smallest absolute Gasteiger partial charge is 0.414 e. The van der Waals surface area contributed by atoms with Gasteiger partial charge in [-0.2, -0.15) is 0 Å². The second kappa shape index (κ2) is 7.65. The molecular weight excluding hydrogens is 318 g/mol. The lowest BCUT2D eigenvalue weighted by Gasteiger charge is -2.22. The van der Waals surface area contributed by atoms with Gasteiger partial charge in [-0.15, -0.1) is 0 Å². The molecule has 0 saturated heterocycles. The van der Waals surface area contributed by atoms with Crippen LogP contribution in [0.3, 0.4) is 0 Å². The van der Waals surface area contributed by atoms with Crippen molar-refractivity contribution in [2.75, 3.05) is 11.4 Å². The van der Waals surface area contributed by atoms with Gasteiger partial charge in [-0.3, -0.25) is 4.90 Å². The van der Waals surface area contributed by atoms with E-state index in [1.807, 2.05) is 30.3 Å². The number of hydrogen-bond acceptors (Lipinski definition) is 3. The number of nitrogens with zero attached hydrogens (tertiary/aromatic N) is 1. The van der Waals surface area contributed by atoms with E-state index in [1.54, 1.807) is 6.92 Å². The minimum absolute atomic E-state index is 0.0454. The second-order valence-electron chi connectivity index (χ2n) is 4.75. The molecule has 6 heteroatoms. The maximum absolute atomic E-state index is 12.3. The van der Waals surface area contributed by atoms with Crippen LogP contribution in [0.15, 0.2) is 48.5 Å². The standard InChI is InChI=1S/C17H16ClNO4/c1-2-19(15-9-8-13(18)10-14(15)16(20)21)17(22)23-11-12-6-4-3-5-7-12/h3-10H,2,11H2,1H3,(H,20,21). The van der Waals surface area contributed by atoms with Crippen LogP contribution in [0.25, 0.3) is 0 Å². The Morgan fingerprint density at radius 2 is 1.87 bits per heavy atom. The molecule has 0 radical (unpaired) electrons. The maximum atomic E-state index is 12.3. The lowest BCUT2D eigenvalue weighted by molar-refractivity contribution is 0.0697. The van der Waals surface area contributed by atoms with E-state index in [9.17, 15) is 14.7 Å². The monoisotopic (exact) mass is 333 g/mol. The van der Waals surface area contributed by atoms with E-state index in [0.717, 1.165) is 5.56 Å². The van der Waals surface area contributed by atoms with Crippen molar-refractivity contribution in [3.05, 3.63) is 64.7 Å². The summed E-state index contributed by atoms with van der Waals surface area (Å²) in [6, 6.07) is 13.6. The van der Waals surface area contributed by atoms with Crippen LogP contribution in [0.4, 0.5) is 10.5 Å². The first kappa shape index (κ1) is 16.8. The Bertz CT molecular complexity index is 703. The highest BCUT2D eigenvalue weighted by molar-refractivity contribution is 6.31. The Kier molecular flexibility index (Phi) is 5.60. The molecule has 0 atom stereocenters. The predicted octanol–water partition coefficient (Wildman–Crippen LogP) is 4.20. The summed E-state index contributed by atoms with van der Waals surface area (Å²) in [7, 11) is 0. The van der Waals surface area contributed by atoms with E-state index in [4.69, 9.17) is 16.3 Å². The van der Waals surface area contributed by atoms with Crippen molar-refractivity contribution in [1.82, 2.24) is 0 Å². The molecule has 0 fully saturated rings. The molecule has 23 heavy (non-hydrogen) atoms. The van der Waals surface area contributed by atoms with Crippen molar-refractivity contribution in [2.24, 2.45) is 0 Å². The Labute approximate surface area is 139 Å². The van der Waals surface area contributed by atoms with Crippen LogP contribution in [0.2, 0.25) is 5.02 Å². The van der Waals surface area contributed by atoms with E-state index in [-0.39, 0.29) is 24.4 Å². The first-order valence-electron chi connectivity index (χ1n) is 7.04. The van der Waals surface area contributed by atoms with E-state index in [0.29, 0.717) is 5.02 Å². The van der Waals surface area contributed by atoms with Gasteiger partial charge in [0.2, 0.25) is 0 Å². The molecule has 0 aliphatic carbocycles. The maximum Gasteiger partial charge on any atom is 0.414 e. The molecule has 0 aromatic heterocycles. The van der Waals surface area contributed by atoms with Gasteiger partial charge < -0.3 is 9.84 Å². The summed E-state index contributed by atoms with van der Waals surface area (Å²) in [4.78, 5) is 24.9. The number of benzene rings is 2. The zero-order valence-electron chi connectivity index (χ0n) is 12.5. The number of carboxylic acids is 1. The van der Waals surface area contributed by atoms with Gasteiger partial charge in [0.15, 0.2) is 0 Å². The largest absolute Gasteiger partial charge is 0.478 e. The molecule has 2 rings (SSSR count). The average Bonchev–Trinajstić information content (AvgIpc) is 2.55. The number of ether oxygens (including phenoxy) is 1. The molecule has 1 amide bonds. The highest BCUT2D eigenvalue weighted by atomic mass is 35.5. The van der Waals surface area contributed by atoms with Crippen molar-refractivity contribution in [3.8, 4) is 0 Å². The summed E-state index contributed by atoms with van der Waals surface area (Å²) in [5.41, 5.74) is 1.06. The van der Waals surface area contributed by atoms with Crippen molar-refractivity contribution < 1.29 is 19.4 Å². The molecular formula is C17H16ClNO4. The number of halogens is 1. The lowest BCUT2D eigenvalue weighted by atomic mass is 10.1. The van der Waals surface area contributed by atoms with Gasteiger partial charge in [0.05, 0.1) is 11.3 Å². The summed E-state index contributed by atoms with van der Waals surface area (Å²) in [6.45, 7) is 2.13. The molecule has 1 N–H and O–H groups in total. The van der Waals surface area contributed by atoms with Crippen molar-refractivity contribution in [1.29, 1.82) is 0 Å². The molecule has 2 aromatic carbocycles. The first-order chi connectivity index (χ1) is 11.0. The Morgan fingerprint density at radius 1 is 1.17 bits per heavy atom. The SMILES string of the molecule is CCN(C(=O)OCc1ccccc1)c1ccc(Cl)cc1C(=O)O. The van der Waals surface area contributed by atoms with Gasteiger partial charge >= 0.3 is 12.1 Å². The molecule has 2 aromatic rings. The molecule has 0 heterocycles. The zero-order chi connectivity index (χ0) is 16.8. The summed E-state index contributed by atoms with van der Waals surface area (Å²) in [6.07, 6.45) is -0.610. The van der Waals surface area contributed by atoms with Gasteiger partial charge in [0, 0.05) is 11.6 Å². The van der Waals surface area contributed by atoms with E-state index < -0.39 is 12.1 Å². The Balaban J connectivity index is 2.19. The van der Waals surface area contributed by atoms with Crippen molar-refractivity contribution in [2.45, 2.75) is 13.5 Å². The summed E-state index contributed by atoms with van der Waals surface area (Å²) in [5.74, 6) is -1.16.